The molecule has 0 spiro atoms. The number of aromatic nitrogens is 2. The van der Waals surface area contributed by atoms with Gasteiger partial charge in [0, 0.05) is 5.56 Å². The van der Waals surface area contributed by atoms with Crippen LogP contribution in [-0.4, -0.2) is 27.8 Å². The number of thioether (sulfide) groups is 1. The summed E-state index contributed by atoms with van der Waals surface area (Å²) in [6.45, 7) is 2.02. The number of esters is 1. The molecule has 0 fully saturated rings. The molecule has 2 aromatic rings. The SMILES string of the molecule is CCSc1nnc(NC(=O)CC2OC(=O)c3ccccc32)s1. The third kappa shape index (κ3) is 3.12. The molecule has 6 nitrogen and oxygen atoms in total. The van der Waals surface area contributed by atoms with E-state index in [1.165, 1.54) is 11.3 Å². The fourth-order valence-electron chi connectivity index (χ4n) is 2.15. The van der Waals surface area contributed by atoms with Gasteiger partial charge < -0.3 is 10.1 Å². The lowest BCUT2D eigenvalue weighted by Gasteiger charge is -2.09. The number of carbonyl (C=O) groups excluding carboxylic acids is 2. The summed E-state index contributed by atoms with van der Waals surface area (Å²) in [5.74, 6) is 0.266. The number of amides is 1. The smallest absolute Gasteiger partial charge is 0.339 e. The highest BCUT2D eigenvalue weighted by Gasteiger charge is 2.32. The molecule has 1 aromatic heterocycles. The zero-order valence-corrected chi connectivity index (χ0v) is 13.4. The van der Waals surface area contributed by atoms with Gasteiger partial charge in [-0.05, 0) is 11.8 Å². The number of carbonyl (C=O) groups is 2. The van der Waals surface area contributed by atoms with Gasteiger partial charge in [0.1, 0.15) is 6.10 Å². The van der Waals surface area contributed by atoms with Gasteiger partial charge in [0.05, 0.1) is 12.0 Å². The molecule has 1 aliphatic rings. The molecule has 114 valence electrons. The van der Waals surface area contributed by atoms with Crippen LogP contribution in [0.15, 0.2) is 28.6 Å². The van der Waals surface area contributed by atoms with E-state index in [4.69, 9.17) is 4.74 Å². The molecule has 0 saturated carbocycles. The van der Waals surface area contributed by atoms with Crippen LogP contribution < -0.4 is 5.32 Å². The fourth-order valence-corrected chi connectivity index (χ4v) is 3.82. The van der Waals surface area contributed by atoms with E-state index in [1.54, 1.807) is 30.0 Å². The van der Waals surface area contributed by atoms with Crippen LogP contribution >= 0.6 is 23.1 Å². The Labute approximate surface area is 135 Å². The summed E-state index contributed by atoms with van der Waals surface area (Å²) in [5, 5.41) is 11.0. The van der Waals surface area contributed by atoms with Crippen molar-refractivity contribution in [1.29, 1.82) is 0 Å². The van der Waals surface area contributed by atoms with Crippen LogP contribution in [0.4, 0.5) is 5.13 Å². The highest BCUT2D eigenvalue weighted by Crippen LogP contribution is 2.33. The largest absolute Gasteiger partial charge is 0.453 e. The van der Waals surface area contributed by atoms with Crippen molar-refractivity contribution in [3.8, 4) is 0 Å². The molecule has 1 aliphatic heterocycles. The Balaban J connectivity index is 1.64. The van der Waals surface area contributed by atoms with Crippen molar-refractivity contribution in [2.75, 3.05) is 11.1 Å². The summed E-state index contributed by atoms with van der Waals surface area (Å²) in [5.41, 5.74) is 1.28. The predicted molar refractivity (Wildman–Crippen MR) is 84.2 cm³/mol. The van der Waals surface area contributed by atoms with E-state index in [-0.39, 0.29) is 18.3 Å². The van der Waals surface area contributed by atoms with E-state index in [1.807, 2.05) is 13.0 Å². The number of hydrogen-bond donors (Lipinski definition) is 1. The first-order chi connectivity index (χ1) is 10.7. The van der Waals surface area contributed by atoms with Crippen LogP contribution in [0.1, 0.15) is 35.4 Å². The molecule has 0 radical (unpaired) electrons. The van der Waals surface area contributed by atoms with Crippen LogP contribution in [0, 0.1) is 0 Å². The van der Waals surface area contributed by atoms with Gasteiger partial charge in [-0.25, -0.2) is 4.79 Å². The maximum Gasteiger partial charge on any atom is 0.339 e. The van der Waals surface area contributed by atoms with E-state index in [2.05, 4.69) is 15.5 Å². The minimum absolute atomic E-state index is 0.0680. The average Bonchev–Trinajstić information content (AvgIpc) is 3.06. The van der Waals surface area contributed by atoms with Gasteiger partial charge in [0.2, 0.25) is 11.0 Å². The third-order valence-electron chi connectivity index (χ3n) is 3.07. The summed E-state index contributed by atoms with van der Waals surface area (Å²) in [7, 11) is 0. The number of benzene rings is 1. The second-order valence-corrected chi connectivity index (χ2v) is 7.03. The van der Waals surface area contributed by atoms with E-state index < -0.39 is 6.10 Å². The average molecular weight is 335 g/mol. The Kier molecular flexibility index (Phi) is 4.39. The topological polar surface area (TPSA) is 81.2 Å². The summed E-state index contributed by atoms with van der Waals surface area (Å²) in [6, 6.07) is 7.11. The molecule has 1 N–H and O–H groups in total. The Morgan fingerprint density at radius 3 is 3.05 bits per heavy atom. The molecule has 0 bridgehead atoms. The van der Waals surface area contributed by atoms with Crippen LogP contribution in [0.25, 0.3) is 0 Å². The molecule has 1 aromatic carbocycles. The minimum Gasteiger partial charge on any atom is -0.453 e. The highest BCUT2D eigenvalue weighted by atomic mass is 32.2. The molecule has 0 saturated heterocycles. The lowest BCUT2D eigenvalue weighted by Crippen LogP contribution is -2.15. The molecular formula is C14H13N3O3S2. The quantitative estimate of drug-likeness (QED) is 0.514. The minimum atomic E-state index is -0.541. The molecule has 8 heteroatoms. The number of hydrogen-bond acceptors (Lipinski definition) is 7. The lowest BCUT2D eigenvalue weighted by atomic mass is 10.0. The number of fused-ring (bicyclic) bond motifs is 1. The van der Waals surface area contributed by atoms with Crippen molar-refractivity contribution >= 4 is 40.1 Å². The highest BCUT2D eigenvalue weighted by molar-refractivity contribution is 8.01. The van der Waals surface area contributed by atoms with Crippen molar-refractivity contribution in [1.82, 2.24) is 10.2 Å². The monoisotopic (exact) mass is 335 g/mol. The van der Waals surface area contributed by atoms with E-state index >= 15 is 0 Å². The first-order valence-corrected chi connectivity index (χ1v) is 8.53. The molecular weight excluding hydrogens is 322 g/mol. The summed E-state index contributed by atoms with van der Waals surface area (Å²) < 4.78 is 6.06. The van der Waals surface area contributed by atoms with Gasteiger partial charge in [-0.2, -0.15) is 0 Å². The normalized spacial score (nSPS) is 16.2. The van der Waals surface area contributed by atoms with E-state index in [0.717, 1.165) is 15.7 Å². The van der Waals surface area contributed by atoms with Crippen LogP contribution in [0.5, 0.6) is 0 Å². The van der Waals surface area contributed by atoms with Crippen molar-refractivity contribution < 1.29 is 14.3 Å². The summed E-state index contributed by atoms with van der Waals surface area (Å²) >= 11 is 2.90. The van der Waals surface area contributed by atoms with Gasteiger partial charge >= 0.3 is 5.97 Å². The maximum atomic E-state index is 12.1. The van der Waals surface area contributed by atoms with Gasteiger partial charge in [-0.3, -0.25) is 4.79 Å². The number of ether oxygens (including phenoxy) is 1. The lowest BCUT2D eigenvalue weighted by molar-refractivity contribution is -0.118. The Bertz CT molecular complexity index is 717. The Morgan fingerprint density at radius 2 is 2.23 bits per heavy atom. The van der Waals surface area contributed by atoms with Gasteiger partial charge in [-0.15, -0.1) is 10.2 Å². The number of rotatable bonds is 5. The molecule has 3 rings (SSSR count). The van der Waals surface area contributed by atoms with Crippen LogP contribution in [-0.2, 0) is 9.53 Å². The van der Waals surface area contributed by atoms with Gasteiger partial charge in [-0.1, -0.05) is 48.2 Å². The van der Waals surface area contributed by atoms with E-state index in [9.17, 15) is 9.59 Å². The zero-order chi connectivity index (χ0) is 15.5. The molecule has 2 heterocycles. The van der Waals surface area contributed by atoms with Crippen molar-refractivity contribution in [3.63, 3.8) is 0 Å². The number of anilines is 1. The van der Waals surface area contributed by atoms with E-state index in [0.29, 0.717) is 10.7 Å². The summed E-state index contributed by atoms with van der Waals surface area (Å²) in [4.78, 5) is 23.8. The maximum absolute atomic E-state index is 12.1. The third-order valence-corrected chi connectivity index (χ3v) is 4.92. The predicted octanol–water partition coefficient (Wildman–Crippen LogP) is 2.89. The summed E-state index contributed by atoms with van der Waals surface area (Å²) in [6.07, 6.45) is -0.473. The first-order valence-electron chi connectivity index (χ1n) is 6.73. The second kappa shape index (κ2) is 6.45. The molecule has 22 heavy (non-hydrogen) atoms. The molecule has 1 unspecified atom stereocenters. The second-order valence-electron chi connectivity index (χ2n) is 4.54. The first kappa shape index (κ1) is 15.0. The zero-order valence-electron chi connectivity index (χ0n) is 11.7. The van der Waals surface area contributed by atoms with Crippen molar-refractivity contribution in [2.24, 2.45) is 0 Å². The standard InChI is InChI=1S/C14H13N3O3S2/c1-2-21-14-17-16-13(22-14)15-11(18)7-10-8-5-3-4-6-9(8)12(19)20-10/h3-6,10H,2,7H2,1H3,(H,15,16,18). The Hall–Kier alpha value is -1.93. The van der Waals surface area contributed by atoms with Gasteiger partial charge in [0.15, 0.2) is 4.34 Å². The molecule has 1 atom stereocenters. The number of nitrogens with zero attached hydrogens (tertiary/aromatic N) is 2. The van der Waals surface area contributed by atoms with Crippen molar-refractivity contribution in [3.05, 3.63) is 35.4 Å². The molecule has 0 aliphatic carbocycles. The Morgan fingerprint density at radius 1 is 1.41 bits per heavy atom. The molecule has 1 amide bonds. The number of cyclic esters (lactones) is 1. The number of nitrogens with one attached hydrogen (secondary N) is 1. The van der Waals surface area contributed by atoms with Gasteiger partial charge in [0.25, 0.3) is 0 Å². The van der Waals surface area contributed by atoms with Crippen LogP contribution in [0.3, 0.4) is 0 Å². The van der Waals surface area contributed by atoms with Crippen molar-refractivity contribution in [2.45, 2.75) is 23.8 Å². The fraction of sp³-hybridized carbons (Fsp3) is 0.286. The van der Waals surface area contributed by atoms with Crippen LogP contribution in [0.2, 0.25) is 0 Å².